The molecule has 2 rings (SSSR count). The number of hydrogen-bond donors (Lipinski definition) is 2. The van der Waals surface area contributed by atoms with Crippen LogP contribution >= 0.6 is 0 Å². The minimum absolute atomic E-state index is 0.104. The number of nitrogens with one attached hydrogen (secondary N) is 1. The van der Waals surface area contributed by atoms with Gasteiger partial charge < -0.3 is 10.4 Å². The molecule has 1 saturated heterocycles. The lowest BCUT2D eigenvalue weighted by Crippen LogP contribution is -2.50. The zero-order valence-corrected chi connectivity index (χ0v) is 9.63. The molecule has 1 fully saturated rings. The van der Waals surface area contributed by atoms with Crippen molar-refractivity contribution in [2.24, 2.45) is 0 Å². The zero-order chi connectivity index (χ0) is 11.4. The van der Waals surface area contributed by atoms with E-state index < -0.39 is 0 Å². The van der Waals surface area contributed by atoms with E-state index in [-0.39, 0.29) is 12.6 Å². The number of hydrogen-bond acceptors (Lipinski definition) is 4. The molecular weight excluding hydrogens is 202 g/mol. The first kappa shape index (κ1) is 11.5. The predicted molar refractivity (Wildman–Crippen MR) is 63.1 cm³/mol. The van der Waals surface area contributed by atoms with Gasteiger partial charge in [-0.15, -0.1) is 0 Å². The summed E-state index contributed by atoms with van der Waals surface area (Å²) in [4.78, 5) is 6.34. The SMILES string of the molecule is CC1CN(C(CO)c2ccncc2)CCN1. The summed E-state index contributed by atoms with van der Waals surface area (Å²) >= 11 is 0. The Morgan fingerprint density at radius 1 is 1.56 bits per heavy atom. The Morgan fingerprint density at radius 2 is 2.31 bits per heavy atom. The molecule has 0 spiro atoms. The van der Waals surface area contributed by atoms with E-state index in [2.05, 4.69) is 22.1 Å². The van der Waals surface area contributed by atoms with Crippen LogP contribution in [0.4, 0.5) is 0 Å². The molecule has 0 saturated carbocycles. The summed E-state index contributed by atoms with van der Waals surface area (Å²) in [6.07, 6.45) is 3.56. The molecule has 0 amide bonds. The largest absolute Gasteiger partial charge is 0.394 e. The van der Waals surface area contributed by atoms with Gasteiger partial charge in [-0.05, 0) is 24.6 Å². The summed E-state index contributed by atoms with van der Waals surface area (Å²) in [6, 6.07) is 4.55. The summed E-state index contributed by atoms with van der Waals surface area (Å²) in [5.74, 6) is 0. The fourth-order valence-corrected chi connectivity index (χ4v) is 2.26. The first-order valence-corrected chi connectivity index (χ1v) is 5.79. The third-order valence-electron chi connectivity index (χ3n) is 3.10. The molecule has 1 aromatic rings. The quantitative estimate of drug-likeness (QED) is 0.776. The molecule has 0 aromatic carbocycles. The van der Waals surface area contributed by atoms with E-state index in [1.807, 2.05) is 12.1 Å². The second-order valence-electron chi connectivity index (χ2n) is 4.33. The van der Waals surface area contributed by atoms with Gasteiger partial charge in [-0.2, -0.15) is 0 Å². The van der Waals surface area contributed by atoms with Crippen molar-refractivity contribution in [2.75, 3.05) is 26.2 Å². The fourth-order valence-electron chi connectivity index (χ4n) is 2.26. The smallest absolute Gasteiger partial charge is 0.0628 e. The summed E-state index contributed by atoms with van der Waals surface area (Å²) in [5.41, 5.74) is 1.14. The number of rotatable bonds is 3. The normalized spacial score (nSPS) is 24.2. The maximum absolute atomic E-state index is 9.54. The maximum Gasteiger partial charge on any atom is 0.0628 e. The van der Waals surface area contributed by atoms with Crippen molar-refractivity contribution >= 4 is 0 Å². The van der Waals surface area contributed by atoms with Gasteiger partial charge >= 0.3 is 0 Å². The number of aliphatic hydroxyl groups excluding tert-OH is 1. The van der Waals surface area contributed by atoms with Gasteiger partial charge in [-0.1, -0.05) is 0 Å². The van der Waals surface area contributed by atoms with E-state index in [0.717, 1.165) is 25.2 Å². The summed E-state index contributed by atoms with van der Waals surface area (Å²) < 4.78 is 0. The van der Waals surface area contributed by atoms with Crippen molar-refractivity contribution in [1.29, 1.82) is 0 Å². The third kappa shape index (κ3) is 2.58. The molecule has 2 N–H and O–H groups in total. The van der Waals surface area contributed by atoms with Crippen LogP contribution in [0.5, 0.6) is 0 Å². The second-order valence-corrected chi connectivity index (χ2v) is 4.33. The molecule has 4 nitrogen and oxygen atoms in total. The Bertz CT molecular complexity index is 317. The average molecular weight is 221 g/mol. The van der Waals surface area contributed by atoms with Gasteiger partial charge in [0.05, 0.1) is 12.6 Å². The molecule has 4 heteroatoms. The molecule has 1 aliphatic heterocycles. The maximum atomic E-state index is 9.54. The average Bonchev–Trinajstić information content (AvgIpc) is 2.31. The van der Waals surface area contributed by atoms with E-state index in [0.29, 0.717) is 6.04 Å². The van der Waals surface area contributed by atoms with E-state index in [9.17, 15) is 5.11 Å². The highest BCUT2D eigenvalue weighted by molar-refractivity contribution is 5.15. The van der Waals surface area contributed by atoms with Gasteiger partial charge in [0.2, 0.25) is 0 Å². The van der Waals surface area contributed by atoms with Crippen molar-refractivity contribution in [3.63, 3.8) is 0 Å². The molecule has 2 atom stereocenters. The molecule has 1 aromatic heterocycles. The zero-order valence-electron chi connectivity index (χ0n) is 9.63. The van der Waals surface area contributed by atoms with Crippen LogP contribution in [0.1, 0.15) is 18.5 Å². The molecule has 16 heavy (non-hydrogen) atoms. The second kappa shape index (κ2) is 5.39. The first-order valence-electron chi connectivity index (χ1n) is 5.79. The number of nitrogens with zero attached hydrogens (tertiary/aromatic N) is 2. The van der Waals surface area contributed by atoms with Crippen LogP contribution in [0.2, 0.25) is 0 Å². The van der Waals surface area contributed by atoms with Gasteiger partial charge in [0, 0.05) is 38.1 Å². The molecule has 1 aliphatic rings. The van der Waals surface area contributed by atoms with E-state index in [1.54, 1.807) is 12.4 Å². The van der Waals surface area contributed by atoms with E-state index >= 15 is 0 Å². The van der Waals surface area contributed by atoms with Gasteiger partial charge in [-0.25, -0.2) is 0 Å². The van der Waals surface area contributed by atoms with E-state index in [4.69, 9.17) is 0 Å². The molecule has 2 heterocycles. The molecular formula is C12H19N3O. The van der Waals surface area contributed by atoms with Gasteiger partial charge in [0.15, 0.2) is 0 Å². The van der Waals surface area contributed by atoms with Gasteiger partial charge in [-0.3, -0.25) is 9.88 Å². The Morgan fingerprint density at radius 3 is 2.94 bits per heavy atom. The van der Waals surface area contributed by atoms with Crippen molar-refractivity contribution < 1.29 is 5.11 Å². The van der Waals surface area contributed by atoms with Crippen LogP contribution in [-0.2, 0) is 0 Å². The Balaban J connectivity index is 2.10. The highest BCUT2D eigenvalue weighted by atomic mass is 16.3. The molecule has 88 valence electrons. The third-order valence-corrected chi connectivity index (χ3v) is 3.10. The van der Waals surface area contributed by atoms with Crippen molar-refractivity contribution in [2.45, 2.75) is 19.0 Å². The lowest BCUT2D eigenvalue weighted by Gasteiger charge is -2.37. The molecule has 0 aliphatic carbocycles. The Hall–Kier alpha value is -0.970. The number of pyridine rings is 1. The van der Waals surface area contributed by atoms with Crippen molar-refractivity contribution in [3.8, 4) is 0 Å². The fraction of sp³-hybridized carbons (Fsp3) is 0.583. The van der Waals surface area contributed by atoms with Crippen LogP contribution < -0.4 is 5.32 Å². The lowest BCUT2D eigenvalue weighted by atomic mass is 10.1. The van der Waals surface area contributed by atoms with Crippen LogP contribution in [0.25, 0.3) is 0 Å². The first-order chi connectivity index (χ1) is 7.81. The van der Waals surface area contributed by atoms with Gasteiger partial charge in [0.1, 0.15) is 0 Å². The van der Waals surface area contributed by atoms with E-state index in [1.165, 1.54) is 0 Å². The number of piperazine rings is 1. The van der Waals surface area contributed by atoms with Crippen LogP contribution in [0.3, 0.4) is 0 Å². The minimum atomic E-state index is 0.104. The van der Waals surface area contributed by atoms with Crippen molar-refractivity contribution in [3.05, 3.63) is 30.1 Å². The topological polar surface area (TPSA) is 48.4 Å². The predicted octanol–water partition coefficient (Wildman–Crippen LogP) is 0.409. The number of aromatic nitrogens is 1. The highest BCUT2D eigenvalue weighted by Gasteiger charge is 2.23. The summed E-state index contributed by atoms with van der Waals surface area (Å²) in [7, 11) is 0. The van der Waals surface area contributed by atoms with Crippen LogP contribution in [0, 0.1) is 0 Å². The standard InChI is InChI=1S/C12H19N3O/c1-10-8-15(7-6-14-10)12(9-16)11-2-4-13-5-3-11/h2-5,10,12,14,16H,6-9H2,1H3. The molecule has 0 bridgehead atoms. The number of aliphatic hydroxyl groups is 1. The lowest BCUT2D eigenvalue weighted by molar-refractivity contribution is 0.0962. The Labute approximate surface area is 96.3 Å². The Kier molecular flexibility index (Phi) is 3.88. The van der Waals surface area contributed by atoms with Crippen molar-refractivity contribution in [1.82, 2.24) is 15.2 Å². The molecule has 0 radical (unpaired) electrons. The summed E-state index contributed by atoms with van der Waals surface area (Å²) in [5, 5.41) is 12.9. The molecule has 2 unspecified atom stereocenters. The summed E-state index contributed by atoms with van der Waals surface area (Å²) in [6.45, 7) is 5.29. The van der Waals surface area contributed by atoms with Crippen LogP contribution in [0.15, 0.2) is 24.5 Å². The highest BCUT2D eigenvalue weighted by Crippen LogP contribution is 2.20. The van der Waals surface area contributed by atoms with Crippen LogP contribution in [-0.4, -0.2) is 47.3 Å². The monoisotopic (exact) mass is 221 g/mol. The minimum Gasteiger partial charge on any atom is -0.394 e. The van der Waals surface area contributed by atoms with Gasteiger partial charge in [0.25, 0.3) is 0 Å².